The van der Waals surface area contributed by atoms with Crippen LogP contribution in [0.25, 0.3) is 11.0 Å². The zero-order valence-corrected chi connectivity index (χ0v) is 29.5. The van der Waals surface area contributed by atoms with E-state index in [4.69, 9.17) is 37.7 Å². The van der Waals surface area contributed by atoms with E-state index >= 15 is 0 Å². The van der Waals surface area contributed by atoms with E-state index < -0.39 is 18.1 Å². The maximum absolute atomic E-state index is 13.9. The molecular formula is C32H36ClF3N10O7. The number of carboxylic acid groups (broad SMARTS) is 1. The largest absolute Gasteiger partial charge is 0.542 e. The van der Waals surface area contributed by atoms with Crippen molar-refractivity contribution >= 4 is 58.0 Å². The van der Waals surface area contributed by atoms with Crippen molar-refractivity contribution in [1.29, 1.82) is 0 Å². The van der Waals surface area contributed by atoms with E-state index in [1.165, 1.54) is 18.5 Å². The minimum Gasteiger partial charge on any atom is -0.542 e. The van der Waals surface area contributed by atoms with Crippen LogP contribution in [0.4, 0.5) is 24.8 Å². The molecule has 0 spiro atoms. The molecule has 3 amide bonds. The number of carbonyl (C=O) groups excluding carboxylic acids is 4. The minimum atomic E-state index is -5.19. The molecule has 1 aliphatic rings. The predicted octanol–water partition coefficient (Wildman–Crippen LogP) is 0.903. The van der Waals surface area contributed by atoms with Gasteiger partial charge in [-0.25, -0.2) is 19.1 Å². The van der Waals surface area contributed by atoms with Gasteiger partial charge in [-0.15, -0.1) is 0 Å². The molecule has 1 saturated heterocycles. The lowest BCUT2D eigenvalue weighted by molar-refractivity contribution is -0.676. The molecule has 0 saturated carbocycles. The lowest BCUT2D eigenvalue weighted by Gasteiger charge is -2.35. The van der Waals surface area contributed by atoms with Crippen LogP contribution in [0.5, 0.6) is 11.5 Å². The van der Waals surface area contributed by atoms with Gasteiger partial charge in [0.2, 0.25) is 0 Å². The molecule has 0 aliphatic carbocycles. The number of carbonyl (C=O) groups is 4. The number of aromatic nitrogens is 5. The average Bonchev–Trinajstić information content (AvgIpc) is 3.42. The van der Waals surface area contributed by atoms with E-state index in [2.05, 4.69) is 20.3 Å². The number of nitrogens with zero attached hydrogens (tertiary/aromatic N) is 7. The van der Waals surface area contributed by atoms with E-state index in [0.29, 0.717) is 57.2 Å². The molecule has 1 aliphatic heterocycles. The first-order valence-corrected chi connectivity index (χ1v) is 16.5. The molecule has 53 heavy (non-hydrogen) atoms. The molecule has 5 rings (SSSR count). The number of aryl methyl sites for hydroxylation is 2. The van der Waals surface area contributed by atoms with E-state index in [1.807, 2.05) is 42.0 Å². The van der Waals surface area contributed by atoms with Gasteiger partial charge >= 0.3 is 6.18 Å². The summed E-state index contributed by atoms with van der Waals surface area (Å²) >= 11 is 5.97. The van der Waals surface area contributed by atoms with E-state index in [9.17, 15) is 32.7 Å². The molecule has 3 aromatic heterocycles. The number of alkyl halides is 3. The number of nitrogen functional groups attached to an aromatic ring is 2. The fraction of sp³-hybridized carbons (Fsp3) is 0.375. The number of nitrogens with one attached hydrogen (secondary N) is 1. The summed E-state index contributed by atoms with van der Waals surface area (Å²) in [4.78, 5) is 63.8. The van der Waals surface area contributed by atoms with Crippen LogP contribution in [0.15, 0.2) is 30.6 Å². The number of hydrogen-bond donors (Lipinski definition) is 4. The van der Waals surface area contributed by atoms with Crippen molar-refractivity contribution in [3.63, 3.8) is 0 Å². The number of hydrogen-bond acceptors (Lipinski definition) is 12. The maximum Gasteiger partial charge on any atom is 0.430 e. The van der Waals surface area contributed by atoms with Gasteiger partial charge in [0.05, 0.1) is 37.0 Å². The fourth-order valence-electron chi connectivity index (χ4n) is 5.61. The van der Waals surface area contributed by atoms with Crippen molar-refractivity contribution in [3.8, 4) is 11.5 Å². The number of nitrogens with two attached hydrogens (primary N) is 2. The number of amides is 3. The van der Waals surface area contributed by atoms with E-state index in [1.54, 1.807) is 9.80 Å². The van der Waals surface area contributed by atoms with Crippen molar-refractivity contribution in [2.24, 2.45) is 0 Å². The summed E-state index contributed by atoms with van der Waals surface area (Å²) in [7, 11) is 0. The van der Waals surface area contributed by atoms with Crippen LogP contribution in [-0.4, -0.2) is 97.1 Å². The number of fused-ring (bicyclic) bond motifs is 1. The number of aromatic hydroxyl groups is 1. The molecule has 17 nitrogen and oxygen atoms in total. The van der Waals surface area contributed by atoms with Crippen molar-refractivity contribution in [2.45, 2.75) is 46.6 Å². The summed E-state index contributed by atoms with van der Waals surface area (Å²) in [6.07, 6.45) is -2.52. The SMILES string of the molecule is CCOc1cc2c(cc1C(=O)N1CCN(C(=O)c3cncc(O)c3)CC1)n(CC)c(CNC(=O)c1nc(Cl)c(N)nc1N)[n+]2CC.O=C([O-])C(F)(F)F. The molecule has 21 heteroatoms. The van der Waals surface area contributed by atoms with Crippen LogP contribution < -0.4 is 31.2 Å². The van der Waals surface area contributed by atoms with Gasteiger partial charge < -0.3 is 46.3 Å². The molecule has 284 valence electrons. The van der Waals surface area contributed by atoms with Crippen molar-refractivity contribution in [1.82, 2.24) is 34.6 Å². The Balaban J connectivity index is 0.000000815. The van der Waals surface area contributed by atoms with Crippen LogP contribution in [0, 0.1) is 0 Å². The lowest BCUT2D eigenvalue weighted by atomic mass is 10.1. The summed E-state index contributed by atoms with van der Waals surface area (Å²) < 4.78 is 41.6. The molecular weight excluding hydrogens is 729 g/mol. The van der Waals surface area contributed by atoms with Crippen molar-refractivity contribution in [2.75, 3.05) is 44.3 Å². The number of anilines is 2. The second kappa shape index (κ2) is 16.6. The zero-order valence-electron chi connectivity index (χ0n) is 28.7. The Kier molecular flexibility index (Phi) is 12.5. The summed E-state index contributed by atoms with van der Waals surface area (Å²) in [5.41, 5.74) is 13.7. The first-order valence-electron chi connectivity index (χ1n) is 16.1. The van der Waals surface area contributed by atoms with Gasteiger partial charge in [0.1, 0.15) is 24.0 Å². The monoisotopic (exact) mass is 764 g/mol. The standard InChI is InChI=1S/C30H35ClN10O5.C2HF3O2/c1-4-40-20-12-19(30(45)39-9-7-38(8-10-39)29(44)17-11-18(42)15-34-14-17)22(46-6-3)13-21(20)41(5-2)23(40)16-35-28(43)24-26(32)37-27(33)25(31)36-24;3-2(4,5)1(6)7/h11-15H,4-10,16H2,1-3H3,(H5-,32,33,35,37,42,43);(H,6,7). The van der Waals surface area contributed by atoms with Crippen LogP contribution in [0.3, 0.4) is 0 Å². The highest BCUT2D eigenvalue weighted by atomic mass is 35.5. The number of aliphatic carboxylic acids is 1. The smallest absolute Gasteiger partial charge is 0.430 e. The number of carboxylic acids is 1. The Morgan fingerprint density at radius 1 is 1.00 bits per heavy atom. The maximum atomic E-state index is 13.9. The first-order chi connectivity index (χ1) is 25.0. The minimum absolute atomic E-state index is 0.0673. The van der Waals surface area contributed by atoms with Gasteiger partial charge in [-0.3, -0.25) is 19.4 Å². The molecule has 0 atom stereocenters. The van der Waals surface area contributed by atoms with Gasteiger partial charge in [-0.1, -0.05) is 11.6 Å². The normalized spacial score (nSPS) is 13.0. The van der Waals surface area contributed by atoms with Crippen LogP contribution in [-0.2, 0) is 24.4 Å². The highest BCUT2D eigenvalue weighted by Crippen LogP contribution is 2.29. The van der Waals surface area contributed by atoms with Gasteiger partial charge in [0.25, 0.3) is 23.5 Å². The number of piperazine rings is 1. The molecule has 0 bridgehead atoms. The van der Waals surface area contributed by atoms with Crippen molar-refractivity contribution in [3.05, 3.63) is 58.4 Å². The number of pyridine rings is 1. The van der Waals surface area contributed by atoms with Crippen LogP contribution in [0.1, 0.15) is 57.8 Å². The molecule has 4 aromatic rings. The molecule has 6 N–H and O–H groups in total. The number of ether oxygens (including phenoxy) is 1. The summed E-state index contributed by atoms with van der Waals surface area (Å²) in [6, 6.07) is 5.05. The summed E-state index contributed by atoms with van der Waals surface area (Å²) in [6.45, 7) is 8.71. The third-order valence-corrected chi connectivity index (χ3v) is 8.31. The zero-order chi connectivity index (χ0) is 39.2. The number of halogens is 4. The Morgan fingerprint density at radius 2 is 1.62 bits per heavy atom. The number of imidazole rings is 1. The highest BCUT2D eigenvalue weighted by molar-refractivity contribution is 6.31. The molecule has 1 fully saturated rings. The second-order valence-corrected chi connectivity index (χ2v) is 11.7. The van der Waals surface area contributed by atoms with Gasteiger partial charge in [-0.2, -0.15) is 13.2 Å². The number of rotatable bonds is 9. The molecule has 1 aromatic carbocycles. The van der Waals surface area contributed by atoms with E-state index in [-0.39, 0.29) is 52.2 Å². The van der Waals surface area contributed by atoms with Crippen LogP contribution >= 0.6 is 11.6 Å². The van der Waals surface area contributed by atoms with Crippen molar-refractivity contribution < 1.29 is 51.9 Å². The Bertz CT molecular complexity index is 2040. The Labute approximate surface area is 304 Å². The third kappa shape index (κ3) is 8.94. The third-order valence-electron chi connectivity index (χ3n) is 8.03. The molecule has 0 unspecified atom stereocenters. The van der Waals surface area contributed by atoms with Gasteiger partial charge in [-0.05, 0) is 26.8 Å². The molecule has 0 radical (unpaired) electrons. The Morgan fingerprint density at radius 3 is 2.17 bits per heavy atom. The second-order valence-electron chi connectivity index (χ2n) is 11.3. The first kappa shape index (κ1) is 39.9. The molecule has 4 heterocycles. The van der Waals surface area contributed by atoms with Gasteiger partial charge in [0, 0.05) is 44.5 Å². The quantitative estimate of drug-likeness (QED) is 0.174. The Hall–Kier alpha value is -5.92. The van der Waals surface area contributed by atoms with Gasteiger partial charge in [0.15, 0.2) is 33.5 Å². The fourth-order valence-corrected chi connectivity index (χ4v) is 5.74. The lowest BCUT2D eigenvalue weighted by Crippen LogP contribution is -2.50. The summed E-state index contributed by atoms with van der Waals surface area (Å²) in [5.74, 6) is -3.11. The number of benzene rings is 1. The summed E-state index contributed by atoms with van der Waals surface area (Å²) in [5, 5.41) is 21.2. The average molecular weight is 765 g/mol. The topological polar surface area (TPSA) is 239 Å². The predicted molar refractivity (Wildman–Crippen MR) is 180 cm³/mol. The highest BCUT2D eigenvalue weighted by Gasteiger charge is 2.32. The van der Waals surface area contributed by atoms with E-state index in [0.717, 1.165) is 16.9 Å². The van der Waals surface area contributed by atoms with Crippen LogP contribution in [0.2, 0.25) is 5.15 Å².